The van der Waals surface area contributed by atoms with Gasteiger partial charge in [0.25, 0.3) is 0 Å². The maximum absolute atomic E-state index is 3.57. The van der Waals surface area contributed by atoms with Crippen molar-refractivity contribution in [1.29, 1.82) is 0 Å². The Hall–Kier alpha value is -0.120. The van der Waals surface area contributed by atoms with Crippen molar-refractivity contribution < 1.29 is 0 Å². The van der Waals surface area contributed by atoms with Gasteiger partial charge in [0, 0.05) is 13.1 Å². The summed E-state index contributed by atoms with van der Waals surface area (Å²) in [5.41, 5.74) is 0.662. The zero-order chi connectivity index (χ0) is 14.1. The van der Waals surface area contributed by atoms with Crippen LogP contribution in [0.25, 0.3) is 0 Å². The number of piperidine rings is 1. The third-order valence-corrected chi connectivity index (χ3v) is 4.98. The Morgan fingerprint density at radius 1 is 1.05 bits per heavy atom. The van der Waals surface area contributed by atoms with E-state index >= 15 is 0 Å². The van der Waals surface area contributed by atoms with Crippen LogP contribution in [-0.2, 0) is 0 Å². The highest BCUT2D eigenvalue weighted by Gasteiger charge is 2.30. The van der Waals surface area contributed by atoms with Gasteiger partial charge in [-0.2, -0.15) is 0 Å². The third-order valence-electron chi connectivity index (χ3n) is 4.98. The molecule has 0 atom stereocenters. The number of rotatable bonds is 9. The minimum Gasteiger partial charge on any atom is -0.315 e. The second-order valence-electron chi connectivity index (χ2n) is 6.46. The summed E-state index contributed by atoms with van der Waals surface area (Å²) < 4.78 is 0. The van der Waals surface area contributed by atoms with Gasteiger partial charge >= 0.3 is 0 Å². The lowest BCUT2D eigenvalue weighted by Gasteiger charge is -2.41. The molecule has 1 heterocycles. The number of hydrogen-bond acceptors (Lipinski definition) is 3. The largest absolute Gasteiger partial charge is 0.315 e. The van der Waals surface area contributed by atoms with Crippen LogP contribution in [0.2, 0.25) is 0 Å². The fourth-order valence-electron chi connectivity index (χ4n) is 3.09. The van der Waals surface area contributed by atoms with E-state index in [0.29, 0.717) is 5.41 Å². The molecule has 0 aromatic carbocycles. The van der Waals surface area contributed by atoms with Crippen molar-refractivity contribution >= 4 is 0 Å². The van der Waals surface area contributed by atoms with E-state index in [-0.39, 0.29) is 0 Å². The van der Waals surface area contributed by atoms with Gasteiger partial charge in [-0.25, -0.2) is 0 Å². The van der Waals surface area contributed by atoms with E-state index in [2.05, 4.69) is 43.1 Å². The van der Waals surface area contributed by atoms with Crippen molar-refractivity contribution in [1.82, 2.24) is 15.1 Å². The Morgan fingerprint density at radius 2 is 1.68 bits per heavy atom. The van der Waals surface area contributed by atoms with E-state index in [1.54, 1.807) is 0 Å². The van der Waals surface area contributed by atoms with Crippen LogP contribution in [0.1, 0.15) is 46.0 Å². The Bertz CT molecular complexity index is 214. The maximum Gasteiger partial charge on any atom is 0.0107 e. The van der Waals surface area contributed by atoms with Gasteiger partial charge in [0.2, 0.25) is 0 Å². The van der Waals surface area contributed by atoms with Crippen LogP contribution in [-0.4, -0.2) is 63.2 Å². The summed E-state index contributed by atoms with van der Waals surface area (Å²) in [6.07, 6.45) is 6.78. The lowest BCUT2D eigenvalue weighted by Crippen LogP contribution is -2.42. The first-order chi connectivity index (χ1) is 9.12. The molecule has 0 amide bonds. The molecule has 1 aliphatic heterocycles. The van der Waals surface area contributed by atoms with Gasteiger partial charge in [0.1, 0.15) is 0 Å². The molecule has 3 heteroatoms. The van der Waals surface area contributed by atoms with Crippen molar-refractivity contribution in [3.63, 3.8) is 0 Å². The normalized spacial score (nSPS) is 20.1. The molecule has 1 saturated heterocycles. The second kappa shape index (κ2) is 8.93. The summed E-state index contributed by atoms with van der Waals surface area (Å²) in [5, 5.41) is 3.57. The minimum atomic E-state index is 0.662. The van der Waals surface area contributed by atoms with E-state index in [9.17, 15) is 0 Å². The molecule has 0 unspecified atom stereocenters. The molecule has 1 aliphatic rings. The minimum absolute atomic E-state index is 0.662. The molecule has 0 aromatic rings. The number of likely N-dealkylation sites (tertiary alicyclic amines) is 1. The van der Waals surface area contributed by atoms with Crippen LogP contribution in [0, 0.1) is 5.41 Å². The van der Waals surface area contributed by atoms with Crippen LogP contribution < -0.4 is 5.32 Å². The Labute approximate surface area is 120 Å². The van der Waals surface area contributed by atoms with Gasteiger partial charge in [-0.05, 0) is 65.0 Å². The summed E-state index contributed by atoms with van der Waals surface area (Å²) in [4.78, 5) is 4.89. The average Bonchev–Trinajstić information content (AvgIpc) is 2.43. The molecule has 0 spiro atoms. The lowest BCUT2D eigenvalue weighted by molar-refractivity contribution is 0.0961. The van der Waals surface area contributed by atoms with E-state index in [1.807, 2.05) is 0 Å². The molecule has 0 aromatic heterocycles. The quantitative estimate of drug-likeness (QED) is 0.649. The molecule has 1 N–H and O–H groups in total. The molecule has 1 fully saturated rings. The van der Waals surface area contributed by atoms with Crippen molar-refractivity contribution in [2.45, 2.75) is 46.0 Å². The van der Waals surface area contributed by atoms with Crippen molar-refractivity contribution in [2.75, 3.05) is 53.4 Å². The van der Waals surface area contributed by atoms with Gasteiger partial charge in [-0.15, -0.1) is 0 Å². The zero-order valence-corrected chi connectivity index (χ0v) is 13.7. The second-order valence-corrected chi connectivity index (χ2v) is 6.46. The van der Waals surface area contributed by atoms with Crippen LogP contribution in [0.5, 0.6) is 0 Å². The standard InChI is InChI=1S/C16H35N3/c1-5-16(6-2)8-13-19(14-9-16)15-11-17-10-7-12-18(3)4/h17H,5-15H2,1-4H3. The van der Waals surface area contributed by atoms with Gasteiger partial charge in [-0.3, -0.25) is 0 Å². The third kappa shape index (κ3) is 6.24. The Morgan fingerprint density at radius 3 is 2.21 bits per heavy atom. The molecule has 19 heavy (non-hydrogen) atoms. The van der Waals surface area contributed by atoms with Crippen LogP contribution in [0.15, 0.2) is 0 Å². The van der Waals surface area contributed by atoms with Crippen LogP contribution >= 0.6 is 0 Å². The Balaban J connectivity index is 2.03. The summed E-state index contributed by atoms with van der Waals surface area (Å²) in [7, 11) is 4.28. The molecule has 0 bridgehead atoms. The monoisotopic (exact) mass is 269 g/mol. The van der Waals surface area contributed by atoms with E-state index in [1.165, 1.54) is 58.3 Å². The van der Waals surface area contributed by atoms with E-state index in [0.717, 1.165) is 13.1 Å². The van der Waals surface area contributed by atoms with Gasteiger partial charge in [0.05, 0.1) is 0 Å². The highest BCUT2D eigenvalue weighted by Crippen LogP contribution is 2.37. The average molecular weight is 269 g/mol. The molecule has 3 nitrogen and oxygen atoms in total. The van der Waals surface area contributed by atoms with Gasteiger partial charge in [0.15, 0.2) is 0 Å². The fraction of sp³-hybridized carbons (Fsp3) is 1.00. The van der Waals surface area contributed by atoms with E-state index in [4.69, 9.17) is 0 Å². The van der Waals surface area contributed by atoms with Gasteiger partial charge in [-0.1, -0.05) is 26.7 Å². The molecule has 1 rings (SSSR count). The predicted molar refractivity (Wildman–Crippen MR) is 84.7 cm³/mol. The van der Waals surface area contributed by atoms with E-state index < -0.39 is 0 Å². The van der Waals surface area contributed by atoms with Crippen LogP contribution in [0.4, 0.5) is 0 Å². The Kier molecular flexibility index (Phi) is 7.96. The van der Waals surface area contributed by atoms with Crippen molar-refractivity contribution in [3.8, 4) is 0 Å². The highest BCUT2D eigenvalue weighted by atomic mass is 15.1. The maximum atomic E-state index is 3.57. The van der Waals surface area contributed by atoms with Crippen molar-refractivity contribution in [2.24, 2.45) is 5.41 Å². The topological polar surface area (TPSA) is 18.5 Å². The molecular formula is C16H35N3. The zero-order valence-electron chi connectivity index (χ0n) is 13.7. The van der Waals surface area contributed by atoms with Gasteiger partial charge < -0.3 is 15.1 Å². The number of nitrogens with one attached hydrogen (secondary N) is 1. The summed E-state index contributed by atoms with van der Waals surface area (Å²) in [6, 6.07) is 0. The molecule has 0 aliphatic carbocycles. The summed E-state index contributed by atoms with van der Waals surface area (Å²) in [6.45, 7) is 12.1. The van der Waals surface area contributed by atoms with Crippen molar-refractivity contribution in [3.05, 3.63) is 0 Å². The first-order valence-corrected chi connectivity index (χ1v) is 8.19. The molecule has 114 valence electrons. The molecular weight excluding hydrogens is 234 g/mol. The number of hydrogen-bond donors (Lipinski definition) is 1. The first-order valence-electron chi connectivity index (χ1n) is 8.19. The highest BCUT2D eigenvalue weighted by molar-refractivity contribution is 4.84. The first kappa shape index (κ1) is 16.9. The molecule has 0 saturated carbocycles. The smallest absolute Gasteiger partial charge is 0.0107 e. The summed E-state index contributed by atoms with van der Waals surface area (Å²) in [5.74, 6) is 0. The summed E-state index contributed by atoms with van der Waals surface area (Å²) >= 11 is 0. The fourth-order valence-corrected chi connectivity index (χ4v) is 3.09. The lowest BCUT2D eigenvalue weighted by atomic mass is 9.74. The SMILES string of the molecule is CCC1(CC)CCN(CCNCCCN(C)C)CC1. The number of nitrogens with zero attached hydrogens (tertiary/aromatic N) is 2. The molecule has 0 radical (unpaired) electrons. The predicted octanol–water partition coefficient (Wildman–Crippen LogP) is 2.43. The van der Waals surface area contributed by atoms with Crippen LogP contribution in [0.3, 0.4) is 0 Å².